The number of aldehydes is 1. The van der Waals surface area contributed by atoms with Gasteiger partial charge >= 0.3 is 0 Å². The highest BCUT2D eigenvalue weighted by molar-refractivity contribution is 5.51. The van der Waals surface area contributed by atoms with Gasteiger partial charge in [-0.05, 0) is 13.3 Å². The van der Waals surface area contributed by atoms with E-state index >= 15 is 0 Å². The molecule has 0 saturated heterocycles. The highest BCUT2D eigenvalue weighted by Crippen LogP contribution is 2.18. The number of carbonyl (C=O) groups is 1. The Morgan fingerprint density at radius 1 is 1.07 bits per heavy atom. The third kappa shape index (κ3) is 9.92. The monoisotopic (exact) mass is 214 g/mol. The molecule has 0 fully saturated rings. The van der Waals surface area contributed by atoms with E-state index < -0.39 is 5.60 Å². The van der Waals surface area contributed by atoms with E-state index in [0.717, 1.165) is 19.1 Å². The van der Waals surface area contributed by atoms with Gasteiger partial charge in [0.25, 0.3) is 0 Å². The molecule has 0 aliphatic rings. The van der Waals surface area contributed by atoms with Crippen LogP contribution >= 0.6 is 0 Å². The lowest BCUT2D eigenvalue weighted by atomic mass is 9.95. The lowest BCUT2D eigenvalue weighted by Gasteiger charge is -2.19. The predicted octanol–water partition coefficient (Wildman–Crippen LogP) is 3.47. The minimum Gasteiger partial charge on any atom is -0.390 e. The fourth-order valence-corrected chi connectivity index (χ4v) is 1.74. The molecule has 0 rings (SSSR count). The smallest absolute Gasteiger partial charge is 0.122 e. The van der Waals surface area contributed by atoms with Crippen molar-refractivity contribution in [3.05, 3.63) is 0 Å². The van der Waals surface area contributed by atoms with Crippen molar-refractivity contribution in [1.82, 2.24) is 0 Å². The third-order valence-electron chi connectivity index (χ3n) is 2.84. The molecule has 0 aliphatic heterocycles. The van der Waals surface area contributed by atoms with Gasteiger partial charge in [-0.25, -0.2) is 0 Å². The van der Waals surface area contributed by atoms with Gasteiger partial charge in [0.15, 0.2) is 0 Å². The van der Waals surface area contributed by atoms with Crippen molar-refractivity contribution in [2.45, 2.75) is 77.2 Å². The Balaban J connectivity index is 3.26. The molecule has 0 bridgehead atoms. The Bertz CT molecular complexity index is 153. The van der Waals surface area contributed by atoms with Crippen LogP contribution in [-0.2, 0) is 4.79 Å². The minimum atomic E-state index is -0.773. The standard InChI is InChI=1S/C13H26O2/c1-3-4-5-6-7-8-9-10-13(2,15)11-12-14/h12,15H,3-11H2,1-2H3. The average molecular weight is 214 g/mol. The van der Waals surface area contributed by atoms with Crippen molar-refractivity contribution in [1.29, 1.82) is 0 Å². The van der Waals surface area contributed by atoms with Gasteiger partial charge in [0.1, 0.15) is 6.29 Å². The Labute approximate surface area is 94.1 Å². The first kappa shape index (κ1) is 14.6. The van der Waals surface area contributed by atoms with Crippen LogP contribution in [0.25, 0.3) is 0 Å². The Morgan fingerprint density at radius 2 is 1.60 bits per heavy atom. The fourth-order valence-electron chi connectivity index (χ4n) is 1.74. The largest absolute Gasteiger partial charge is 0.390 e. The molecule has 0 aromatic heterocycles. The summed E-state index contributed by atoms with van der Waals surface area (Å²) < 4.78 is 0. The molecule has 0 aromatic rings. The minimum absolute atomic E-state index is 0.267. The molecule has 0 aromatic carbocycles. The zero-order valence-electron chi connectivity index (χ0n) is 10.3. The zero-order chi connectivity index (χ0) is 11.6. The molecule has 2 heteroatoms. The first-order valence-corrected chi connectivity index (χ1v) is 6.28. The zero-order valence-corrected chi connectivity index (χ0v) is 10.3. The first-order valence-electron chi connectivity index (χ1n) is 6.28. The third-order valence-corrected chi connectivity index (χ3v) is 2.84. The average Bonchev–Trinajstić information content (AvgIpc) is 2.16. The predicted molar refractivity (Wildman–Crippen MR) is 63.9 cm³/mol. The molecular weight excluding hydrogens is 188 g/mol. The second-order valence-corrected chi connectivity index (χ2v) is 4.74. The number of unbranched alkanes of at least 4 members (excludes halogenated alkanes) is 6. The number of rotatable bonds is 10. The van der Waals surface area contributed by atoms with Crippen molar-refractivity contribution >= 4 is 6.29 Å². The van der Waals surface area contributed by atoms with Gasteiger partial charge in [0.2, 0.25) is 0 Å². The summed E-state index contributed by atoms with van der Waals surface area (Å²) in [6.45, 7) is 3.97. The molecule has 0 aliphatic carbocycles. The lowest BCUT2D eigenvalue weighted by molar-refractivity contribution is -0.112. The van der Waals surface area contributed by atoms with Crippen LogP contribution in [0, 0.1) is 0 Å². The van der Waals surface area contributed by atoms with E-state index in [2.05, 4.69) is 6.92 Å². The van der Waals surface area contributed by atoms with Crippen LogP contribution in [0.4, 0.5) is 0 Å². The van der Waals surface area contributed by atoms with Crippen LogP contribution in [0.2, 0.25) is 0 Å². The van der Waals surface area contributed by atoms with Crippen molar-refractivity contribution < 1.29 is 9.90 Å². The quantitative estimate of drug-likeness (QED) is 0.446. The van der Waals surface area contributed by atoms with E-state index in [-0.39, 0.29) is 6.42 Å². The number of carbonyl (C=O) groups excluding carboxylic acids is 1. The lowest BCUT2D eigenvalue weighted by Crippen LogP contribution is -2.24. The van der Waals surface area contributed by atoms with Gasteiger partial charge in [-0.2, -0.15) is 0 Å². The molecule has 1 N–H and O–H groups in total. The summed E-state index contributed by atoms with van der Waals surface area (Å²) in [7, 11) is 0. The second-order valence-electron chi connectivity index (χ2n) is 4.74. The maximum absolute atomic E-state index is 10.3. The molecule has 0 spiro atoms. The molecule has 2 nitrogen and oxygen atoms in total. The normalized spacial score (nSPS) is 14.9. The summed E-state index contributed by atoms with van der Waals surface area (Å²) in [5.74, 6) is 0. The van der Waals surface area contributed by atoms with Crippen molar-refractivity contribution in [2.75, 3.05) is 0 Å². The second kappa shape index (κ2) is 8.90. The maximum Gasteiger partial charge on any atom is 0.122 e. The molecule has 0 heterocycles. The molecule has 0 radical (unpaired) electrons. The summed E-state index contributed by atoms with van der Waals surface area (Å²) in [4.78, 5) is 10.3. The highest BCUT2D eigenvalue weighted by Gasteiger charge is 2.18. The van der Waals surface area contributed by atoms with Crippen molar-refractivity contribution in [3.8, 4) is 0 Å². The molecule has 90 valence electrons. The van der Waals surface area contributed by atoms with Crippen LogP contribution in [0.15, 0.2) is 0 Å². The van der Waals surface area contributed by atoms with Gasteiger partial charge in [-0.3, -0.25) is 0 Å². The number of hydrogen-bond donors (Lipinski definition) is 1. The van der Waals surface area contributed by atoms with E-state index in [0.29, 0.717) is 0 Å². The molecule has 1 unspecified atom stereocenters. The first-order chi connectivity index (χ1) is 7.12. The Hall–Kier alpha value is -0.370. The molecule has 15 heavy (non-hydrogen) atoms. The summed E-state index contributed by atoms with van der Waals surface area (Å²) in [5.41, 5.74) is -0.773. The summed E-state index contributed by atoms with van der Waals surface area (Å²) in [6, 6.07) is 0. The Kier molecular flexibility index (Phi) is 8.68. The molecular formula is C13H26O2. The van der Waals surface area contributed by atoms with E-state index in [1.807, 2.05) is 0 Å². The van der Waals surface area contributed by atoms with E-state index in [1.54, 1.807) is 6.92 Å². The van der Waals surface area contributed by atoms with Gasteiger partial charge in [0, 0.05) is 6.42 Å². The number of hydrogen-bond acceptors (Lipinski definition) is 2. The van der Waals surface area contributed by atoms with Gasteiger partial charge in [-0.15, -0.1) is 0 Å². The van der Waals surface area contributed by atoms with Gasteiger partial charge in [0.05, 0.1) is 5.60 Å². The topological polar surface area (TPSA) is 37.3 Å². The van der Waals surface area contributed by atoms with Crippen molar-refractivity contribution in [3.63, 3.8) is 0 Å². The van der Waals surface area contributed by atoms with Gasteiger partial charge < -0.3 is 9.90 Å². The van der Waals surface area contributed by atoms with Gasteiger partial charge in [-0.1, -0.05) is 51.9 Å². The van der Waals surface area contributed by atoms with Crippen LogP contribution in [0.1, 0.15) is 71.6 Å². The summed E-state index contributed by atoms with van der Waals surface area (Å²) >= 11 is 0. The van der Waals surface area contributed by atoms with Crippen molar-refractivity contribution in [2.24, 2.45) is 0 Å². The highest BCUT2D eigenvalue weighted by atomic mass is 16.3. The number of aliphatic hydroxyl groups is 1. The SMILES string of the molecule is CCCCCCCCCC(C)(O)CC=O. The maximum atomic E-state index is 10.3. The van der Waals surface area contributed by atoms with E-state index in [1.165, 1.54) is 38.5 Å². The van der Waals surface area contributed by atoms with Crippen LogP contribution in [0.3, 0.4) is 0 Å². The fraction of sp³-hybridized carbons (Fsp3) is 0.923. The molecule has 1 atom stereocenters. The van der Waals surface area contributed by atoms with E-state index in [9.17, 15) is 9.90 Å². The van der Waals surface area contributed by atoms with Crippen LogP contribution < -0.4 is 0 Å². The molecule has 0 amide bonds. The molecule has 0 saturated carbocycles. The summed E-state index contributed by atoms with van der Waals surface area (Å²) in [6.07, 6.45) is 10.6. The van der Waals surface area contributed by atoms with E-state index in [4.69, 9.17) is 0 Å². The van der Waals surface area contributed by atoms with Crippen LogP contribution in [0.5, 0.6) is 0 Å². The van der Waals surface area contributed by atoms with Crippen LogP contribution in [-0.4, -0.2) is 17.0 Å². The Morgan fingerprint density at radius 3 is 2.13 bits per heavy atom. The summed E-state index contributed by atoms with van der Waals surface area (Å²) in [5, 5.41) is 9.72.